The minimum atomic E-state index is -3.83. The normalized spacial score (nSPS) is 15.7. The van der Waals surface area contributed by atoms with E-state index in [1.165, 1.54) is 17.0 Å². The molecule has 1 fully saturated rings. The summed E-state index contributed by atoms with van der Waals surface area (Å²) in [6.45, 7) is 3.98. The maximum atomic E-state index is 13.1. The van der Waals surface area contributed by atoms with Crippen molar-refractivity contribution in [3.8, 4) is 0 Å². The number of aromatic carboxylic acids is 1. The van der Waals surface area contributed by atoms with Gasteiger partial charge in [0.15, 0.2) is 5.13 Å². The molecule has 5 rings (SSSR count). The molecule has 0 radical (unpaired) electrons. The molecule has 15 heteroatoms. The molecule has 13 nitrogen and oxygen atoms in total. The number of nitrogens with one attached hydrogen (secondary N) is 1. The second-order valence-corrected chi connectivity index (χ2v) is 11.0. The van der Waals surface area contributed by atoms with Crippen LogP contribution in [0.15, 0.2) is 29.2 Å². The zero-order valence-corrected chi connectivity index (χ0v) is 21.3. The third kappa shape index (κ3) is 5.11. The summed E-state index contributed by atoms with van der Waals surface area (Å²) in [4.78, 5) is 41.7. The number of aromatic nitrogens is 3. The SMILES string of the molecule is Cc1nc(Nc2nc(N3CCOCC3)c3c(n2)N(Cc2ccc(S(N)(=O)=O)cc2)C(=O)C3)sc1C(=O)O. The average Bonchev–Trinajstić information content (AvgIpc) is 3.38. The highest BCUT2D eigenvalue weighted by atomic mass is 32.2. The van der Waals surface area contributed by atoms with E-state index < -0.39 is 16.0 Å². The first-order valence-corrected chi connectivity index (χ1v) is 13.6. The van der Waals surface area contributed by atoms with Crippen molar-refractivity contribution in [2.24, 2.45) is 5.14 Å². The predicted molar refractivity (Wildman–Crippen MR) is 135 cm³/mol. The second-order valence-electron chi connectivity index (χ2n) is 8.48. The molecular weight excluding hydrogens is 522 g/mol. The van der Waals surface area contributed by atoms with Gasteiger partial charge in [0.2, 0.25) is 21.9 Å². The Hall–Kier alpha value is -3.66. The molecule has 37 heavy (non-hydrogen) atoms. The summed E-state index contributed by atoms with van der Waals surface area (Å²) in [5, 5.41) is 17.9. The van der Waals surface area contributed by atoms with Gasteiger partial charge < -0.3 is 14.7 Å². The maximum Gasteiger partial charge on any atom is 0.347 e. The number of aryl methyl sites for hydroxylation is 1. The largest absolute Gasteiger partial charge is 0.477 e. The summed E-state index contributed by atoms with van der Waals surface area (Å²) in [6.07, 6.45) is 0.108. The molecule has 0 unspecified atom stereocenters. The fourth-order valence-corrected chi connectivity index (χ4v) is 5.49. The van der Waals surface area contributed by atoms with Crippen LogP contribution in [0.5, 0.6) is 0 Å². The Morgan fingerprint density at radius 1 is 1.16 bits per heavy atom. The van der Waals surface area contributed by atoms with Crippen molar-refractivity contribution in [2.45, 2.75) is 24.8 Å². The Bertz CT molecular complexity index is 1480. The standard InChI is InChI=1S/C22H23N7O6S2/c1-12-17(20(31)32)36-22(24-12)27-21-25-18(28-6-8-35-9-7-28)15-10-16(30)29(19(15)26-21)11-13-2-4-14(5-3-13)37(23,33)34/h2-5H,6-11H2,1H3,(H,31,32)(H2,23,33,34)(H,24,25,26,27). The third-order valence-electron chi connectivity index (χ3n) is 5.96. The zero-order chi connectivity index (χ0) is 26.3. The molecule has 2 aromatic heterocycles. The fourth-order valence-electron chi connectivity index (χ4n) is 4.17. The van der Waals surface area contributed by atoms with Crippen LogP contribution in [-0.2, 0) is 32.5 Å². The number of sulfonamides is 1. The van der Waals surface area contributed by atoms with Crippen LogP contribution in [0, 0.1) is 6.92 Å². The Morgan fingerprint density at radius 2 is 1.84 bits per heavy atom. The van der Waals surface area contributed by atoms with Gasteiger partial charge in [0.25, 0.3) is 0 Å². The van der Waals surface area contributed by atoms with Crippen molar-refractivity contribution in [1.82, 2.24) is 15.0 Å². The number of anilines is 4. The number of carboxylic acids is 1. The first-order valence-electron chi connectivity index (χ1n) is 11.2. The van der Waals surface area contributed by atoms with Crippen molar-refractivity contribution >= 4 is 56.0 Å². The molecule has 0 aliphatic carbocycles. The molecule has 194 valence electrons. The van der Waals surface area contributed by atoms with Gasteiger partial charge in [-0.15, -0.1) is 0 Å². The van der Waals surface area contributed by atoms with Crippen molar-refractivity contribution in [1.29, 1.82) is 0 Å². The highest BCUT2D eigenvalue weighted by Gasteiger charge is 2.35. The smallest absolute Gasteiger partial charge is 0.347 e. The van der Waals surface area contributed by atoms with Gasteiger partial charge in [0, 0.05) is 18.7 Å². The summed E-state index contributed by atoms with van der Waals surface area (Å²) in [5.74, 6) is -0.0497. The molecule has 4 heterocycles. The number of primary sulfonamides is 1. The van der Waals surface area contributed by atoms with Crippen LogP contribution < -0.4 is 20.3 Å². The maximum absolute atomic E-state index is 13.1. The van der Waals surface area contributed by atoms with Crippen LogP contribution in [-0.4, -0.2) is 66.7 Å². The second kappa shape index (κ2) is 9.66. The number of amides is 1. The molecule has 0 bridgehead atoms. The molecular formula is C22H23N7O6S2. The predicted octanol–water partition coefficient (Wildman–Crippen LogP) is 1.26. The summed E-state index contributed by atoms with van der Waals surface area (Å²) < 4.78 is 28.6. The van der Waals surface area contributed by atoms with Crippen molar-refractivity contribution in [2.75, 3.05) is 41.4 Å². The summed E-state index contributed by atoms with van der Waals surface area (Å²) in [7, 11) is -3.83. The van der Waals surface area contributed by atoms with Gasteiger partial charge in [-0.1, -0.05) is 23.5 Å². The van der Waals surface area contributed by atoms with E-state index in [1.54, 1.807) is 19.1 Å². The molecule has 2 aliphatic rings. The number of fused-ring (bicyclic) bond motifs is 1. The number of ether oxygens (including phenoxy) is 1. The van der Waals surface area contributed by atoms with Gasteiger partial charge >= 0.3 is 5.97 Å². The van der Waals surface area contributed by atoms with E-state index in [4.69, 9.17) is 9.88 Å². The van der Waals surface area contributed by atoms with Crippen LogP contribution in [0.2, 0.25) is 0 Å². The first-order chi connectivity index (χ1) is 17.6. The van der Waals surface area contributed by atoms with E-state index in [1.807, 2.05) is 4.90 Å². The monoisotopic (exact) mass is 545 g/mol. The Labute approximate surface area is 216 Å². The minimum absolute atomic E-state index is 0.0210. The zero-order valence-electron chi connectivity index (χ0n) is 19.7. The van der Waals surface area contributed by atoms with Crippen molar-refractivity contribution in [3.63, 3.8) is 0 Å². The number of nitrogens with zero attached hydrogens (tertiary/aromatic N) is 5. The third-order valence-corrected chi connectivity index (χ3v) is 7.95. The molecule has 2 aliphatic heterocycles. The van der Waals surface area contributed by atoms with Crippen LogP contribution in [0.25, 0.3) is 0 Å². The number of thiazole rings is 1. The lowest BCUT2D eigenvalue weighted by molar-refractivity contribution is -0.117. The molecule has 0 spiro atoms. The number of hydrogen-bond acceptors (Lipinski definition) is 11. The number of carbonyl (C=O) groups is 2. The van der Waals surface area contributed by atoms with Crippen LogP contribution in [0.4, 0.5) is 22.7 Å². The Kier molecular flexibility index (Phi) is 6.53. The van der Waals surface area contributed by atoms with Gasteiger partial charge in [-0.05, 0) is 24.6 Å². The Balaban J connectivity index is 1.51. The lowest BCUT2D eigenvalue weighted by Crippen LogP contribution is -2.37. The molecule has 1 amide bonds. The number of morpholine rings is 1. The number of nitrogens with two attached hydrogens (primary N) is 1. The lowest BCUT2D eigenvalue weighted by atomic mass is 10.2. The van der Waals surface area contributed by atoms with E-state index in [0.717, 1.165) is 11.3 Å². The van der Waals surface area contributed by atoms with E-state index >= 15 is 0 Å². The van der Waals surface area contributed by atoms with E-state index in [-0.39, 0.29) is 34.6 Å². The van der Waals surface area contributed by atoms with Gasteiger partial charge in [-0.2, -0.15) is 9.97 Å². The van der Waals surface area contributed by atoms with E-state index in [9.17, 15) is 23.1 Å². The minimum Gasteiger partial charge on any atom is -0.477 e. The molecule has 4 N–H and O–H groups in total. The average molecular weight is 546 g/mol. The highest BCUT2D eigenvalue weighted by Crippen LogP contribution is 2.37. The van der Waals surface area contributed by atoms with E-state index in [0.29, 0.717) is 59.9 Å². The fraction of sp³-hybridized carbons (Fsp3) is 0.318. The molecule has 3 aromatic rings. The Morgan fingerprint density at radius 3 is 2.46 bits per heavy atom. The number of carbonyl (C=O) groups excluding carboxylic acids is 1. The summed E-state index contributed by atoms with van der Waals surface area (Å²) >= 11 is 0.969. The van der Waals surface area contributed by atoms with Gasteiger partial charge in [0.05, 0.1) is 36.8 Å². The van der Waals surface area contributed by atoms with Gasteiger partial charge in [-0.25, -0.2) is 23.3 Å². The van der Waals surface area contributed by atoms with Crippen LogP contribution in [0.3, 0.4) is 0 Å². The lowest BCUT2D eigenvalue weighted by Gasteiger charge is -2.29. The molecule has 0 atom stereocenters. The molecule has 0 saturated carbocycles. The van der Waals surface area contributed by atoms with Gasteiger partial charge in [-0.3, -0.25) is 15.0 Å². The van der Waals surface area contributed by atoms with E-state index in [2.05, 4.69) is 20.3 Å². The number of hydrogen-bond donors (Lipinski definition) is 3. The summed E-state index contributed by atoms with van der Waals surface area (Å²) in [5.41, 5.74) is 1.74. The topological polar surface area (TPSA) is 181 Å². The first kappa shape index (κ1) is 25.0. The number of carboxylic acid groups (broad SMARTS) is 1. The van der Waals surface area contributed by atoms with Crippen LogP contribution in [0.1, 0.15) is 26.5 Å². The number of rotatable bonds is 7. The van der Waals surface area contributed by atoms with Crippen LogP contribution >= 0.6 is 11.3 Å². The highest BCUT2D eigenvalue weighted by molar-refractivity contribution is 7.89. The van der Waals surface area contributed by atoms with Crippen molar-refractivity contribution < 1.29 is 27.9 Å². The summed E-state index contributed by atoms with van der Waals surface area (Å²) in [6, 6.07) is 5.98. The van der Waals surface area contributed by atoms with Gasteiger partial charge in [0.1, 0.15) is 16.5 Å². The number of benzene rings is 1. The molecule has 1 saturated heterocycles. The quantitative estimate of drug-likeness (QED) is 0.389. The molecule has 1 aromatic carbocycles. The van der Waals surface area contributed by atoms with Crippen molar-refractivity contribution in [3.05, 3.63) is 46.0 Å².